The molecule has 1 aliphatic rings. The highest BCUT2D eigenvalue weighted by molar-refractivity contribution is 7.98. The molecule has 9 heteroatoms. The largest absolute Gasteiger partial charge is 0.379 e. The number of hydrogen-bond acceptors (Lipinski definition) is 6. The van der Waals surface area contributed by atoms with Crippen LogP contribution in [0.5, 0.6) is 0 Å². The topological polar surface area (TPSA) is 79.0 Å². The second-order valence-corrected chi connectivity index (χ2v) is 9.87. The van der Waals surface area contributed by atoms with Crippen LogP contribution < -0.4 is 10.2 Å². The van der Waals surface area contributed by atoms with Crippen LogP contribution in [0.1, 0.15) is 24.2 Å². The summed E-state index contributed by atoms with van der Waals surface area (Å²) in [5, 5.41) is 2.93. The summed E-state index contributed by atoms with van der Waals surface area (Å²) in [6.45, 7) is 6.92. The van der Waals surface area contributed by atoms with Crippen molar-refractivity contribution < 1.29 is 17.9 Å². The Bertz CT molecular complexity index is 1000. The van der Waals surface area contributed by atoms with Crippen LogP contribution in [0.25, 0.3) is 0 Å². The fraction of sp³-hybridized carbons (Fsp3) is 0.409. The number of benzene rings is 2. The first-order valence-corrected chi connectivity index (χ1v) is 13.0. The number of carbonyl (C=O) groups is 1. The van der Waals surface area contributed by atoms with E-state index < -0.39 is 10.0 Å². The van der Waals surface area contributed by atoms with Gasteiger partial charge < -0.3 is 15.0 Å². The second-order valence-electron chi connectivity index (χ2n) is 7.05. The molecule has 0 radical (unpaired) electrons. The summed E-state index contributed by atoms with van der Waals surface area (Å²) in [5.74, 6) is -0.276. The van der Waals surface area contributed by atoms with Gasteiger partial charge in [-0.25, -0.2) is 8.42 Å². The molecule has 0 aromatic heterocycles. The van der Waals surface area contributed by atoms with Crippen LogP contribution in [-0.4, -0.2) is 64.3 Å². The molecule has 1 fully saturated rings. The molecule has 0 aliphatic carbocycles. The Morgan fingerprint density at radius 1 is 1.10 bits per heavy atom. The molecule has 2 aromatic rings. The van der Waals surface area contributed by atoms with E-state index in [4.69, 9.17) is 4.74 Å². The molecule has 1 aliphatic heterocycles. The lowest BCUT2D eigenvalue weighted by Gasteiger charge is -2.28. The highest BCUT2D eigenvalue weighted by Crippen LogP contribution is 2.31. The lowest BCUT2D eigenvalue weighted by Crippen LogP contribution is -2.40. The molecule has 3 rings (SSSR count). The van der Waals surface area contributed by atoms with E-state index in [1.54, 1.807) is 42.1 Å². The van der Waals surface area contributed by atoms with Gasteiger partial charge in [-0.2, -0.15) is 4.31 Å². The SMILES string of the molecule is CCN(CC)c1ccc(S(=O)(=O)N2CCOCC2)cc1NC(=O)c1ccc(SC)cc1. The van der Waals surface area contributed by atoms with Gasteiger partial charge in [-0.15, -0.1) is 11.8 Å². The maximum Gasteiger partial charge on any atom is 0.255 e. The normalized spacial score (nSPS) is 14.9. The first kappa shape index (κ1) is 23.6. The van der Waals surface area contributed by atoms with Crippen molar-refractivity contribution in [2.45, 2.75) is 23.6 Å². The molecule has 1 N–H and O–H groups in total. The van der Waals surface area contributed by atoms with Gasteiger partial charge in [0.1, 0.15) is 0 Å². The Morgan fingerprint density at radius 3 is 2.32 bits per heavy atom. The number of sulfonamides is 1. The van der Waals surface area contributed by atoms with Crippen molar-refractivity contribution in [2.24, 2.45) is 0 Å². The van der Waals surface area contributed by atoms with Crippen LogP contribution in [0, 0.1) is 0 Å². The fourth-order valence-electron chi connectivity index (χ4n) is 3.49. The Morgan fingerprint density at radius 2 is 1.74 bits per heavy atom. The van der Waals surface area contributed by atoms with Crippen LogP contribution in [0.4, 0.5) is 11.4 Å². The van der Waals surface area contributed by atoms with Crippen LogP contribution in [0.2, 0.25) is 0 Å². The smallest absolute Gasteiger partial charge is 0.255 e. The summed E-state index contributed by atoms with van der Waals surface area (Å²) in [7, 11) is -3.67. The van der Waals surface area contributed by atoms with Gasteiger partial charge in [0.05, 0.1) is 29.5 Å². The third-order valence-corrected chi connectivity index (χ3v) is 7.92. The second kappa shape index (κ2) is 10.5. The Kier molecular flexibility index (Phi) is 7.99. The fourth-order valence-corrected chi connectivity index (χ4v) is 5.33. The number of carbonyl (C=O) groups excluding carboxylic acids is 1. The van der Waals surface area contributed by atoms with Crippen LogP contribution in [0.3, 0.4) is 0 Å². The average molecular weight is 464 g/mol. The number of thioether (sulfide) groups is 1. The van der Waals surface area contributed by atoms with E-state index in [2.05, 4.69) is 10.2 Å². The predicted octanol–water partition coefficient (Wildman–Crippen LogP) is 3.53. The molecule has 1 amide bonds. The number of amides is 1. The number of nitrogens with one attached hydrogen (secondary N) is 1. The van der Waals surface area contributed by atoms with Gasteiger partial charge in [0.2, 0.25) is 10.0 Å². The van der Waals surface area contributed by atoms with Gasteiger partial charge in [0.25, 0.3) is 5.91 Å². The van der Waals surface area contributed by atoms with Crippen molar-refractivity contribution in [1.29, 1.82) is 0 Å². The van der Waals surface area contributed by atoms with E-state index in [0.717, 1.165) is 23.7 Å². The lowest BCUT2D eigenvalue weighted by atomic mass is 10.2. The monoisotopic (exact) mass is 463 g/mol. The van der Waals surface area contributed by atoms with E-state index in [1.165, 1.54) is 4.31 Å². The van der Waals surface area contributed by atoms with Crippen molar-refractivity contribution in [3.8, 4) is 0 Å². The third-order valence-electron chi connectivity index (χ3n) is 5.28. The third kappa shape index (κ3) is 5.41. The molecular weight excluding hydrogens is 434 g/mol. The van der Waals surface area contributed by atoms with Gasteiger partial charge >= 0.3 is 0 Å². The number of nitrogens with zero attached hydrogens (tertiary/aromatic N) is 2. The van der Waals surface area contributed by atoms with Crippen molar-refractivity contribution in [3.05, 3.63) is 48.0 Å². The van der Waals surface area contributed by atoms with E-state index in [0.29, 0.717) is 37.6 Å². The summed E-state index contributed by atoms with van der Waals surface area (Å²) < 4.78 is 33.0. The Balaban J connectivity index is 1.96. The van der Waals surface area contributed by atoms with Gasteiger partial charge in [-0.3, -0.25) is 4.79 Å². The number of ether oxygens (including phenoxy) is 1. The van der Waals surface area contributed by atoms with Gasteiger partial charge in [0.15, 0.2) is 0 Å². The highest BCUT2D eigenvalue weighted by atomic mass is 32.2. The molecule has 1 heterocycles. The van der Waals surface area contributed by atoms with Crippen LogP contribution in [-0.2, 0) is 14.8 Å². The molecule has 168 valence electrons. The van der Waals surface area contributed by atoms with Gasteiger partial charge in [-0.05, 0) is 62.6 Å². The maximum absolute atomic E-state index is 13.1. The molecule has 0 saturated carbocycles. The molecule has 2 aromatic carbocycles. The maximum atomic E-state index is 13.1. The zero-order valence-electron chi connectivity index (χ0n) is 18.1. The average Bonchev–Trinajstić information content (AvgIpc) is 2.81. The zero-order valence-corrected chi connectivity index (χ0v) is 19.8. The molecule has 31 heavy (non-hydrogen) atoms. The first-order chi connectivity index (χ1) is 14.9. The van der Waals surface area contributed by atoms with Crippen LogP contribution in [0.15, 0.2) is 52.3 Å². The zero-order chi connectivity index (χ0) is 22.4. The molecule has 7 nitrogen and oxygen atoms in total. The summed E-state index contributed by atoms with van der Waals surface area (Å²) in [4.78, 5) is 16.2. The standard InChI is InChI=1S/C22H29N3O4S2/c1-4-24(5-2)21-11-10-19(31(27,28)25-12-14-29-15-13-25)16-20(21)23-22(26)17-6-8-18(30-3)9-7-17/h6-11,16H,4-5,12-15H2,1-3H3,(H,23,26). The quantitative estimate of drug-likeness (QED) is 0.604. The predicted molar refractivity (Wildman–Crippen MR) is 126 cm³/mol. The minimum absolute atomic E-state index is 0.165. The molecule has 1 saturated heterocycles. The van der Waals surface area contributed by atoms with E-state index >= 15 is 0 Å². The van der Waals surface area contributed by atoms with E-state index in [1.807, 2.05) is 32.2 Å². The van der Waals surface area contributed by atoms with E-state index in [-0.39, 0.29) is 10.8 Å². The molecule has 0 unspecified atom stereocenters. The molecular formula is C22H29N3O4S2. The lowest BCUT2D eigenvalue weighted by molar-refractivity contribution is 0.0730. The summed E-state index contributed by atoms with van der Waals surface area (Å²) in [6.07, 6.45) is 1.98. The number of hydrogen-bond donors (Lipinski definition) is 1. The number of rotatable bonds is 8. The summed E-state index contributed by atoms with van der Waals surface area (Å²) in [5.41, 5.74) is 1.79. The number of anilines is 2. The molecule has 0 spiro atoms. The van der Waals surface area contributed by atoms with Crippen molar-refractivity contribution in [1.82, 2.24) is 4.31 Å². The van der Waals surface area contributed by atoms with Crippen LogP contribution >= 0.6 is 11.8 Å². The van der Waals surface area contributed by atoms with Crippen molar-refractivity contribution >= 4 is 39.1 Å². The Hall–Kier alpha value is -2.07. The minimum atomic E-state index is -3.67. The van der Waals surface area contributed by atoms with Gasteiger partial charge in [0, 0.05) is 36.6 Å². The van der Waals surface area contributed by atoms with Gasteiger partial charge in [-0.1, -0.05) is 0 Å². The summed E-state index contributed by atoms with van der Waals surface area (Å²) >= 11 is 1.61. The van der Waals surface area contributed by atoms with Crippen molar-refractivity contribution in [3.63, 3.8) is 0 Å². The highest BCUT2D eigenvalue weighted by Gasteiger charge is 2.27. The van der Waals surface area contributed by atoms with Crippen molar-refractivity contribution in [2.75, 3.05) is 55.9 Å². The minimum Gasteiger partial charge on any atom is -0.379 e. The number of morpholine rings is 1. The Labute approximate surface area is 188 Å². The molecule has 0 atom stereocenters. The van der Waals surface area contributed by atoms with E-state index in [9.17, 15) is 13.2 Å². The molecule has 0 bridgehead atoms. The summed E-state index contributed by atoms with van der Waals surface area (Å²) in [6, 6.07) is 12.3. The first-order valence-electron chi connectivity index (χ1n) is 10.3.